The summed E-state index contributed by atoms with van der Waals surface area (Å²) >= 11 is 0. The molecule has 1 fully saturated rings. The van der Waals surface area contributed by atoms with Crippen LogP contribution >= 0.6 is 0 Å². The lowest BCUT2D eigenvalue weighted by atomic mass is 9.95. The highest BCUT2D eigenvalue weighted by Crippen LogP contribution is 2.39. The van der Waals surface area contributed by atoms with Crippen LogP contribution in [0.4, 0.5) is 4.39 Å². The number of aliphatic hydroxyl groups is 1. The Morgan fingerprint density at radius 2 is 1.68 bits per heavy atom. The highest BCUT2D eigenvalue weighted by atomic mass is 19.1. The fourth-order valence-electron chi connectivity index (χ4n) is 3.28. The number of hydrogen-bond acceptors (Lipinski definition) is 4. The first-order chi connectivity index (χ1) is 13.3. The smallest absolute Gasteiger partial charge is 0.295 e. The minimum absolute atomic E-state index is 0.0271. The van der Waals surface area contributed by atoms with E-state index in [1.807, 2.05) is 50.2 Å². The third-order valence-electron chi connectivity index (χ3n) is 4.84. The van der Waals surface area contributed by atoms with Gasteiger partial charge in [0.05, 0.1) is 11.6 Å². The van der Waals surface area contributed by atoms with Crippen molar-refractivity contribution in [2.75, 3.05) is 27.2 Å². The van der Waals surface area contributed by atoms with Crippen molar-refractivity contribution in [3.8, 4) is 0 Å². The van der Waals surface area contributed by atoms with Crippen molar-refractivity contribution in [2.45, 2.75) is 13.0 Å². The van der Waals surface area contributed by atoms with E-state index in [0.717, 1.165) is 11.1 Å². The molecule has 1 aliphatic rings. The maximum absolute atomic E-state index is 13.3. The topological polar surface area (TPSA) is 60.9 Å². The SMILES string of the molecule is Cc1ccc(C2/C(=C(\O)c3ccc(F)cc3)C(=O)C(=O)N2CCN(C)C)cc1. The molecule has 2 aromatic rings. The van der Waals surface area contributed by atoms with E-state index in [0.29, 0.717) is 18.7 Å². The number of aliphatic hydroxyl groups excluding tert-OH is 1. The summed E-state index contributed by atoms with van der Waals surface area (Å²) < 4.78 is 13.3. The Labute approximate surface area is 163 Å². The van der Waals surface area contributed by atoms with Crippen LogP contribution in [0, 0.1) is 12.7 Å². The Hall–Kier alpha value is -2.99. The van der Waals surface area contributed by atoms with E-state index in [9.17, 15) is 19.1 Å². The van der Waals surface area contributed by atoms with E-state index in [4.69, 9.17) is 0 Å². The Morgan fingerprint density at radius 3 is 2.25 bits per heavy atom. The summed E-state index contributed by atoms with van der Waals surface area (Å²) in [5, 5.41) is 10.8. The van der Waals surface area contributed by atoms with Gasteiger partial charge >= 0.3 is 0 Å². The van der Waals surface area contributed by atoms with Gasteiger partial charge in [0.1, 0.15) is 11.6 Å². The molecule has 0 aromatic heterocycles. The first-order valence-electron chi connectivity index (χ1n) is 9.05. The zero-order valence-electron chi connectivity index (χ0n) is 16.1. The zero-order chi connectivity index (χ0) is 20.4. The van der Waals surface area contributed by atoms with Gasteiger partial charge in [-0.05, 0) is 50.8 Å². The van der Waals surface area contributed by atoms with Gasteiger partial charge in [-0.15, -0.1) is 0 Å². The average molecular weight is 382 g/mol. The summed E-state index contributed by atoms with van der Waals surface area (Å²) in [7, 11) is 3.77. The summed E-state index contributed by atoms with van der Waals surface area (Å²) in [5.41, 5.74) is 2.11. The molecule has 1 unspecified atom stereocenters. The Balaban J connectivity index is 2.13. The van der Waals surface area contributed by atoms with Crippen LogP contribution in [-0.4, -0.2) is 53.8 Å². The van der Waals surface area contributed by atoms with Crippen LogP contribution in [0.15, 0.2) is 54.1 Å². The van der Waals surface area contributed by atoms with E-state index in [-0.39, 0.29) is 11.3 Å². The van der Waals surface area contributed by atoms with Crippen LogP contribution in [0.5, 0.6) is 0 Å². The van der Waals surface area contributed by atoms with Gasteiger partial charge in [-0.1, -0.05) is 29.8 Å². The molecule has 28 heavy (non-hydrogen) atoms. The molecule has 6 heteroatoms. The second kappa shape index (κ2) is 7.94. The lowest BCUT2D eigenvalue weighted by Crippen LogP contribution is -2.35. The van der Waals surface area contributed by atoms with E-state index in [1.54, 1.807) is 0 Å². The van der Waals surface area contributed by atoms with Gasteiger partial charge < -0.3 is 14.9 Å². The minimum Gasteiger partial charge on any atom is -0.507 e. The average Bonchev–Trinajstić information content (AvgIpc) is 2.91. The Bertz CT molecular complexity index is 918. The molecule has 1 N–H and O–H groups in total. The number of ketones is 1. The lowest BCUT2D eigenvalue weighted by molar-refractivity contribution is -0.140. The molecule has 5 nitrogen and oxygen atoms in total. The van der Waals surface area contributed by atoms with Gasteiger partial charge in [0.25, 0.3) is 11.7 Å². The van der Waals surface area contributed by atoms with Crippen molar-refractivity contribution in [1.29, 1.82) is 0 Å². The van der Waals surface area contributed by atoms with E-state index >= 15 is 0 Å². The van der Waals surface area contributed by atoms with Gasteiger partial charge in [0.15, 0.2) is 0 Å². The maximum atomic E-state index is 13.3. The van der Waals surface area contributed by atoms with Gasteiger partial charge in [0.2, 0.25) is 0 Å². The summed E-state index contributed by atoms with van der Waals surface area (Å²) in [4.78, 5) is 28.9. The number of benzene rings is 2. The number of likely N-dealkylation sites (N-methyl/N-ethyl adjacent to an activating group) is 1. The largest absolute Gasteiger partial charge is 0.507 e. The number of aryl methyl sites for hydroxylation is 1. The number of halogens is 1. The number of carbonyl (C=O) groups is 2. The van der Waals surface area contributed by atoms with Crippen molar-refractivity contribution < 1.29 is 19.1 Å². The molecule has 0 saturated carbocycles. The monoisotopic (exact) mass is 382 g/mol. The molecule has 146 valence electrons. The number of carbonyl (C=O) groups excluding carboxylic acids is 2. The van der Waals surface area contributed by atoms with E-state index in [2.05, 4.69) is 0 Å². The van der Waals surface area contributed by atoms with Crippen LogP contribution < -0.4 is 0 Å². The van der Waals surface area contributed by atoms with Crippen molar-refractivity contribution in [2.24, 2.45) is 0 Å². The number of rotatable bonds is 5. The molecule has 1 heterocycles. The summed E-state index contributed by atoms with van der Waals surface area (Å²) in [6.07, 6.45) is 0. The zero-order valence-corrected chi connectivity index (χ0v) is 16.1. The second-order valence-electron chi connectivity index (χ2n) is 7.21. The molecule has 1 atom stereocenters. The van der Waals surface area contributed by atoms with Gasteiger partial charge in [0, 0.05) is 18.7 Å². The van der Waals surface area contributed by atoms with Crippen LogP contribution in [0.2, 0.25) is 0 Å². The number of Topliss-reactive ketones (excluding diaryl/α,β-unsaturated/α-hetero) is 1. The normalized spacial score (nSPS) is 18.9. The Morgan fingerprint density at radius 1 is 1.07 bits per heavy atom. The molecule has 0 bridgehead atoms. The molecular formula is C22H23FN2O3. The third kappa shape index (κ3) is 3.82. The first kappa shape index (κ1) is 19.8. The molecule has 1 aliphatic heterocycles. The van der Waals surface area contributed by atoms with Crippen molar-refractivity contribution in [1.82, 2.24) is 9.80 Å². The standard InChI is InChI=1S/C22H23FN2O3/c1-14-4-6-15(7-5-14)19-18(20(26)16-8-10-17(23)11-9-16)21(27)22(28)25(19)13-12-24(2)3/h4-11,19,26H,12-13H2,1-3H3/b20-18+. The fraction of sp³-hybridized carbons (Fsp3) is 0.273. The lowest BCUT2D eigenvalue weighted by Gasteiger charge is -2.26. The Kier molecular flexibility index (Phi) is 5.61. The molecule has 3 rings (SSSR count). The molecule has 0 spiro atoms. The molecule has 0 radical (unpaired) electrons. The maximum Gasteiger partial charge on any atom is 0.295 e. The van der Waals surface area contributed by atoms with Gasteiger partial charge in [-0.3, -0.25) is 9.59 Å². The van der Waals surface area contributed by atoms with Crippen LogP contribution in [0.25, 0.3) is 5.76 Å². The van der Waals surface area contributed by atoms with Crippen molar-refractivity contribution >= 4 is 17.4 Å². The predicted octanol–water partition coefficient (Wildman–Crippen LogP) is 3.12. The molecular weight excluding hydrogens is 359 g/mol. The molecule has 0 aliphatic carbocycles. The number of nitrogens with zero attached hydrogens (tertiary/aromatic N) is 2. The number of hydrogen-bond donors (Lipinski definition) is 1. The quantitative estimate of drug-likeness (QED) is 0.490. The molecule has 1 saturated heterocycles. The van der Waals surface area contributed by atoms with Gasteiger partial charge in [-0.2, -0.15) is 0 Å². The van der Waals surface area contributed by atoms with Crippen molar-refractivity contribution in [3.63, 3.8) is 0 Å². The van der Waals surface area contributed by atoms with Crippen LogP contribution in [-0.2, 0) is 9.59 Å². The van der Waals surface area contributed by atoms with E-state index < -0.39 is 23.5 Å². The summed E-state index contributed by atoms with van der Waals surface area (Å²) in [6, 6.07) is 12.0. The summed E-state index contributed by atoms with van der Waals surface area (Å²) in [6.45, 7) is 2.87. The minimum atomic E-state index is -0.730. The highest BCUT2D eigenvalue weighted by Gasteiger charge is 2.45. The number of likely N-dealkylation sites (tertiary alicyclic amines) is 1. The predicted molar refractivity (Wildman–Crippen MR) is 105 cm³/mol. The van der Waals surface area contributed by atoms with E-state index in [1.165, 1.54) is 29.2 Å². The number of amides is 1. The first-order valence-corrected chi connectivity index (χ1v) is 9.05. The van der Waals surface area contributed by atoms with Crippen LogP contribution in [0.3, 0.4) is 0 Å². The summed E-state index contributed by atoms with van der Waals surface area (Å²) in [5.74, 6) is -2.11. The van der Waals surface area contributed by atoms with Crippen LogP contribution in [0.1, 0.15) is 22.7 Å². The second-order valence-corrected chi connectivity index (χ2v) is 7.21. The highest BCUT2D eigenvalue weighted by molar-refractivity contribution is 6.46. The molecule has 1 amide bonds. The van der Waals surface area contributed by atoms with Gasteiger partial charge in [-0.25, -0.2) is 4.39 Å². The fourth-order valence-corrected chi connectivity index (χ4v) is 3.28. The van der Waals surface area contributed by atoms with Crippen molar-refractivity contribution in [3.05, 3.63) is 76.6 Å². The molecule has 2 aromatic carbocycles. The third-order valence-corrected chi connectivity index (χ3v) is 4.84.